The van der Waals surface area contributed by atoms with E-state index in [9.17, 15) is 14.4 Å². The van der Waals surface area contributed by atoms with E-state index in [2.05, 4.69) is 25.8 Å². The van der Waals surface area contributed by atoms with Gasteiger partial charge in [0.25, 0.3) is 11.8 Å². The van der Waals surface area contributed by atoms with Crippen molar-refractivity contribution in [2.24, 2.45) is 7.05 Å². The first kappa shape index (κ1) is 27.3. The molecule has 3 amide bonds. The van der Waals surface area contributed by atoms with Crippen molar-refractivity contribution in [2.75, 3.05) is 18.4 Å². The smallest absolute Gasteiger partial charge is 0.410 e. The Bertz CT molecular complexity index is 1580. The molecular formula is C27H32N8O4S. The van der Waals surface area contributed by atoms with Crippen LogP contribution in [0.25, 0.3) is 15.3 Å². The summed E-state index contributed by atoms with van der Waals surface area (Å²) in [6.45, 7) is 8.12. The van der Waals surface area contributed by atoms with E-state index in [1.165, 1.54) is 23.7 Å². The summed E-state index contributed by atoms with van der Waals surface area (Å²) >= 11 is 1.44. The van der Waals surface area contributed by atoms with Gasteiger partial charge in [-0.1, -0.05) is 0 Å². The van der Waals surface area contributed by atoms with E-state index in [1.54, 1.807) is 33.3 Å². The molecule has 1 atom stereocenters. The minimum atomic E-state index is -0.587. The molecule has 2 N–H and O–H groups in total. The quantitative estimate of drug-likeness (QED) is 0.363. The van der Waals surface area contributed by atoms with E-state index >= 15 is 0 Å². The minimum absolute atomic E-state index is 0.150. The van der Waals surface area contributed by atoms with Crippen molar-refractivity contribution in [1.82, 2.24) is 34.6 Å². The van der Waals surface area contributed by atoms with Gasteiger partial charge in [-0.2, -0.15) is 10.2 Å². The van der Waals surface area contributed by atoms with Crippen molar-refractivity contribution in [2.45, 2.75) is 52.2 Å². The average molecular weight is 565 g/mol. The van der Waals surface area contributed by atoms with Crippen molar-refractivity contribution < 1.29 is 19.1 Å². The zero-order chi connectivity index (χ0) is 28.6. The first-order valence-corrected chi connectivity index (χ1v) is 13.8. The molecule has 0 spiro atoms. The molecule has 40 heavy (non-hydrogen) atoms. The Morgan fingerprint density at radius 1 is 1.12 bits per heavy atom. The SMILES string of the molecule is Cc1ncc(C(=O)NC[C@H]2CCCN2C(=O)OC(C)(C)C)cc1NC(=O)c1cnn2cc(-c3cnn(C)c3)sc12. The van der Waals surface area contributed by atoms with Gasteiger partial charge in [0.2, 0.25) is 0 Å². The fourth-order valence-corrected chi connectivity index (χ4v) is 5.55. The number of anilines is 1. The van der Waals surface area contributed by atoms with Crippen LogP contribution in [0.2, 0.25) is 0 Å². The van der Waals surface area contributed by atoms with Gasteiger partial charge in [0.15, 0.2) is 0 Å². The summed E-state index contributed by atoms with van der Waals surface area (Å²) in [5, 5.41) is 14.3. The molecule has 210 valence electrons. The summed E-state index contributed by atoms with van der Waals surface area (Å²) in [6.07, 6.45) is 9.76. The van der Waals surface area contributed by atoms with Crippen LogP contribution in [0.3, 0.4) is 0 Å². The van der Waals surface area contributed by atoms with E-state index < -0.39 is 5.60 Å². The molecule has 13 heteroatoms. The Balaban J connectivity index is 1.25. The Labute approximate surface area is 235 Å². The molecule has 12 nitrogen and oxygen atoms in total. The zero-order valence-electron chi connectivity index (χ0n) is 23.1. The highest BCUT2D eigenvalue weighted by molar-refractivity contribution is 7.21. The van der Waals surface area contributed by atoms with Gasteiger partial charge >= 0.3 is 6.09 Å². The number of ether oxygens (including phenoxy) is 1. The standard InChI is InChI=1S/C27H32N8O4S/c1-16-21(32-24(37)20-13-31-35-15-22(40-25(20)35)18-11-30-33(5)14-18)9-17(10-28-16)23(36)29-12-19-7-6-8-34(19)26(38)39-27(2,3)4/h9-11,13-15,19H,6-8,12H2,1-5H3,(H,29,36)(H,32,37)/t19-/m1/s1. The largest absolute Gasteiger partial charge is 0.444 e. The van der Waals surface area contributed by atoms with Crippen LogP contribution in [-0.2, 0) is 11.8 Å². The van der Waals surface area contributed by atoms with E-state index in [1.807, 2.05) is 40.2 Å². The number of amides is 3. The molecule has 0 bridgehead atoms. The van der Waals surface area contributed by atoms with E-state index in [4.69, 9.17) is 4.74 Å². The van der Waals surface area contributed by atoms with Crippen molar-refractivity contribution >= 4 is 39.8 Å². The van der Waals surface area contributed by atoms with Gasteiger partial charge in [0, 0.05) is 44.3 Å². The van der Waals surface area contributed by atoms with Gasteiger partial charge in [0.1, 0.15) is 10.4 Å². The van der Waals surface area contributed by atoms with Crippen LogP contribution >= 0.6 is 11.3 Å². The lowest BCUT2D eigenvalue weighted by Gasteiger charge is -2.28. The predicted octanol–water partition coefficient (Wildman–Crippen LogP) is 3.88. The number of thiazole rings is 1. The fourth-order valence-electron chi connectivity index (χ4n) is 4.52. The normalized spacial score (nSPS) is 15.4. The number of aryl methyl sites for hydroxylation is 2. The maximum Gasteiger partial charge on any atom is 0.410 e. The Morgan fingerprint density at radius 3 is 2.65 bits per heavy atom. The molecule has 1 aliphatic rings. The lowest BCUT2D eigenvalue weighted by molar-refractivity contribution is 0.0225. The van der Waals surface area contributed by atoms with Crippen LogP contribution in [0.5, 0.6) is 0 Å². The van der Waals surface area contributed by atoms with Crippen LogP contribution < -0.4 is 10.6 Å². The molecule has 1 aliphatic heterocycles. The molecule has 0 saturated carbocycles. The molecule has 0 unspecified atom stereocenters. The third-order valence-corrected chi connectivity index (χ3v) is 7.69. The second kappa shape index (κ2) is 10.7. The number of nitrogens with one attached hydrogen (secondary N) is 2. The minimum Gasteiger partial charge on any atom is -0.444 e. The highest BCUT2D eigenvalue weighted by atomic mass is 32.1. The highest BCUT2D eigenvalue weighted by Gasteiger charge is 2.32. The van der Waals surface area contributed by atoms with Gasteiger partial charge < -0.3 is 20.3 Å². The maximum atomic E-state index is 13.2. The molecule has 1 saturated heterocycles. The summed E-state index contributed by atoms with van der Waals surface area (Å²) < 4.78 is 8.89. The number of hydrogen-bond donors (Lipinski definition) is 2. The molecule has 4 aromatic rings. The van der Waals surface area contributed by atoms with Gasteiger partial charge in [-0.3, -0.25) is 19.3 Å². The van der Waals surface area contributed by atoms with Crippen LogP contribution in [0, 0.1) is 6.92 Å². The topological polar surface area (TPSA) is 136 Å². The third-order valence-electron chi connectivity index (χ3n) is 6.53. The molecule has 0 aromatic carbocycles. The van der Waals surface area contributed by atoms with Gasteiger partial charge in [-0.05, 0) is 46.6 Å². The summed E-state index contributed by atoms with van der Waals surface area (Å²) in [4.78, 5) is 46.4. The number of aromatic nitrogens is 5. The van der Waals surface area contributed by atoms with Gasteiger partial charge in [-0.25, -0.2) is 9.31 Å². The fraction of sp³-hybridized carbons (Fsp3) is 0.407. The monoisotopic (exact) mass is 564 g/mol. The molecular weight excluding hydrogens is 532 g/mol. The highest BCUT2D eigenvalue weighted by Crippen LogP contribution is 2.30. The van der Waals surface area contributed by atoms with Crippen LogP contribution in [0.1, 0.15) is 60.0 Å². The van der Waals surface area contributed by atoms with E-state index in [0.29, 0.717) is 40.4 Å². The number of carbonyl (C=O) groups excluding carboxylic acids is 3. The average Bonchev–Trinajstić information content (AvgIpc) is 3.66. The van der Waals surface area contributed by atoms with Crippen LogP contribution in [-0.4, -0.2) is 71.9 Å². The van der Waals surface area contributed by atoms with Gasteiger partial charge in [0.05, 0.1) is 45.8 Å². The predicted molar refractivity (Wildman–Crippen MR) is 150 cm³/mol. The number of fused-ring (bicyclic) bond motifs is 1. The summed E-state index contributed by atoms with van der Waals surface area (Å²) in [5.41, 5.74) is 2.07. The molecule has 5 heterocycles. The molecule has 4 aromatic heterocycles. The molecule has 1 fully saturated rings. The van der Waals surface area contributed by atoms with Crippen LogP contribution in [0.4, 0.5) is 10.5 Å². The lowest BCUT2D eigenvalue weighted by atomic mass is 10.2. The number of carbonyl (C=O) groups is 3. The van der Waals surface area contributed by atoms with Crippen molar-refractivity contribution in [1.29, 1.82) is 0 Å². The molecule has 0 radical (unpaired) electrons. The van der Waals surface area contributed by atoms with E-state index in [0.717, 1.165) is 23.3 Å². The number of pyridine rings is 1. The zero-order valence-corrected chi connectivity index (χ0v) is 23.9. The van der Waals surface area contributed by atoms with Gasteiger partial charge in [-0.15, -0.1) is 11.3 Å². The van der Waals surface area contributed by atoms with Crippen molar-refractivity contribution in [3.05, 3.63) is 53.9 Å². The molecule has 5 rings (SSSR count). The van der Waals surface area contributed by atoms with Crippen molar-refractivity contribution in [3.8, 4) is 10.4 Å². The second-order valence-corrected chi connectivity index (χ2v) is 11.8. The Morgan fingerprint density at radius 2 is 1.93 bits per heavy atom. The first-order valence-electron chi connectivity index (χ1n) is 13.0. The summed E-state index contributed by atoms with van der Waals surface area (Å²) in [5.74, 6) is -0.692. The van der Waals surface area contributed by atoms with Crippen molar-refractivity contribution in [3.63, 3.8) is 0 Å². The van der Waals surface area contributed by atoms with E-state index in [-0.39, 0.29) is 23.9 Å². The summed E-state index contributed by atoms with van der Waals surface area (Å²) in [7, 11) is 1.85. The Hall–Kier alpha value is -4.26. The second-order valence-electron chi connectivity index (χ2n) is 10.8. The lowest BCUT2D eigenvalue weighted by Crippen LogP contribution is -2.45. The first-order chi connectivity index (χ1) is 19.0. The third kappa shape index (κ3) is 5.83. The number of hydrogen-bond acceptors (Lipinski definition) is 8. The number of likely N-dealkylation sites (tertiary alicyclic amines) is 1. The number of nitrogens with zero attached hydrogens (tertiary/aromatic N) is 6. The number of rotatable bonds is 6. The molecule has 0 aliphatic carbocycles. The summed E-state index contributed by atoms with van der Waals surface area (Å²) in [6, 6.07) is 1.45. The van der Waals surface area contributed by atoms with Crippen LogP contribution in [0.15, 0.2) is 37.1 Å². The maximum absolute atomic E-state index is 13.2. The Kier molecular flexibility index (Phi) is 7.32.